The molecule has 0 spiro atoms. The maximum atomic E-state index is 5.72. The van der Waals surface area contributed by atoms with Gasteiger partial charge in [0.05, 0.1) is 18.1 Å². The third-order valence-corrected chi connectivity index (χ3v) is 4.66. The highest BCUT2D eigenvalue weighted by Crippen LogP contribution is 2.29. The van der Waals surface area contributed by atoms with Crippen molar-refractivity contribution in [1.29, 1.82) is 0 Å². The predicted molar refractivity (Wildman–Crippen MR) is 106 cm³/mol. The number of aliphatic imine (C=N–C) groups is 1. The van der Waals surface area contributed by atoms with E-state index >= 15 is 0 Å². The van der Waals surface area contributed by atoms with Crippen LogP contribution in [0.4, 0.5) is 5.69 Å². The Morgan fingerprint density at radius 1 is 1.00 bits per heavy atom. The van der Waals surface area contributed by atoms with Crippen LogP contribution in [0.25, 0.3) is 11.1 Å². The van der Waals surface area contributed by atoms with E-state index in [4.69, 9.17) is 4.84 Å². The van der Waals surface area contributed by atoms with Crippen LogP contribution in [0.2, 0.25) is 0 Å². The van der Waals surface area contributed by atoms with Crippen LogP contribution in [0, 0.1) is 0 Å². The van der Waals surface area contributed by atoms with Gasteiger partial charge in [0.2, 0.25) is 0 Å². The molecule has 0 unspecified atom stereocenters. The quantitative estimate of drug-likeness (QED) is 0.455. The van der Waals surface area contributed by atoms with Crippen LogP contribution in [-0.4, -0.2) is 16.2 Å². The fourth-order valence-corrected chi connectivity index (χ4v) is 3.14. The predicted octanol–water partition coefficient (Wildman–Crippen LogP) is 4.99. The van der Waals surface area contributed by atoms with Gasteiger partial charge in [0, 0.05) is 22.2 Å². The lowest BCUT2D eigenvalue weighted by Gasteiger charge is -2.05. The summed E-state index contributed by atoms with van der Waals surface area (Å²) >= 11 is 1.67. The van der Waals surface area contributed by atoms with E-state index in [-0.39, 0.29) is 0 Å². The molecular formula is C21H17N3OS. The van der Waals surface area contributed by atoms with Gasteiger partial charge in [0.1, 0.15) is 6.61 Å². The molecule has 0 aliphatic carbocycles. The monoisotopic (exact) mass is 359 g/mol. The van der Waals surface area contributed by atoms with Crippen LogP contribution in [0.3, 0.4) is 0 Å². The summed E-state index contributed by atoms with van der Waals surface area (Å²) in [4.78, 5) is 13.0. The third-order valence-electron chi connectivity index (χ3n) is 3.86. The highest BCUT2D eigenvalue weighted by Gasteiger charge is 2.07. The number of aromatic nitrogens is 2. The lowest BCUT2D eigenvalue weighted by Crippen LogP contribution is -2.11. The van der Waals surface area contributed by atoms with Crippen LogP contribution in [-0.2, 0) is 6.61 Å². The summed E-state index contributed by atoms with van der Waals surface area (Å²) in [5.74, 6) is 0. The molecule has 4 rings (SSSR count). The SMILES string of the molecule is C(=Nc1ccccc1-c1cnn(OCc2ccccc2)c1)c1cccs1. The van der Waals surface area contributed by atoms with E-state index in [2.05, 4.69) is 10.1 Å². The second-order valence-electron chi connectivity index (χ2n) is 5.68. The molecule has 0 saturated heterocycles. The summed E-state index contributed by atoms with van der Waals surface area (Å²) in [6.45, 7) is 0.472. The Balaban J connectivity index is 1.52. The molecule has 0 saturated carbocycles. The number of nitrogens with zero attached hydrogens (tertiary/aromatic N) is 3. The first-order valence-corrected chi connectivity index (χ1v) is 9.15. The Bertz CT molecular complexity index is 991. The molecule has 128 valence electrons. The molecule has 0 aliphatic heterocycles. The first-order valence-electron chi connectivity index (χ1n) is 8.27. The van der Waals surface area contributed by atoms with Crippen LogP contribution in [0.15, 0.2) is 89.5 Å². The maximum absolute atomic E-state index is 5.72. The Morgan fingerprint density at radius 3 is 2.69 bits per heavy atom. The standard InChI is InChI=1S/C21H17N3OS/c1-2-7-17(8-3-1)16-25-24-15-18(13-23-24)20-10-4-5-11-21(20)22-14-19-9-6-12-26-19/h1-15H,16H2. The van der Waals surface area contributed by atoms with E-state index < -0.39 is 0 Å². The highest BCUT2D eigenvalue weighted by molar-refractivity contribution is 7.11. The lowest BCUT2D eigenvalue weighted by atomic mass is 10.1. The van der Waals surface area contributed by atoms with E-state index in [1.54, 1.807) is 17.5 Å². The summed E-state index contributed by atoms with van der Waals surface area (Å²) in [5, 5.41) is 6.35. The van der Waals surface area contributed by atoms with E-state index in [0.29, 0.717) is 6.61 Å². The van der Waals surface area contributed by atoms with Crippen molar-refractivity contribution in [2.45, 2.75) is 6.61 Å². The molecule has 0 N–H and O–H groups in total. The second-order valence-corrected chi connectivity index (χ2v) is 6.66. The van der Waals surface area contributed by atoms with Gasteiger partial charge in [-0.15, -0.1) is 21.3 Å². The van der Waals surface area contributed by atoms with E-state index in [1.807, 2.05) is 84.5 Å². The number of hydrogen-bond acceptors (Lipinski definition) is 4. The van der Waals surface area contributed by atoms with Crippen molar-refractivity contribution in [2.24, 2.45) is 4.99 Å². The van der Waals surface area contributed by atoms with Crippen molar-refractivity contribution >= 4 is 23.2 Å². The smallest absolute Gasteiger partial charge is 0.142 e. The van der Waals surface area contributed by atoms with Crippen molar-refractivity contribution in [3.63, 3.8) is 0 Å². The average Bonchev–Trinajstić information content (AvgIpc) is 3.38. The van der Waals surface area contributed by atoms with Crippen molar-refractivity contribution in [1.82, 2.24) is 9.94 Å². The van der Waals surface area contributed by atoms with Gasteiger partial charge < -0.3 is 4.84 Å². The fraction of sp³-hybridized carbons (Fsp3) is 0.0476. The van der Waals surface area contributed by atoms with Gasteiger partial charge in [-0.05, 0) is 23.1 Å². The Hall–Kier alpha value is -3.18. The second kappa shape index (κ2) is 7.80. The Morgan fingerprint density at radius 2 is 1.85 bits per heavy atom. The van der Waals surface area contributed by atoms with Gasteiger partial charge in [-0.3, -0.25) is 4.99 Å². The topological polar surface area (TPSA) is 39.4 Å². The number of thiophene rings is 1. The molecule has 0 bridgehead atoms. The summed E-state index contributed by atoms with van der Waals surface area (Å²) in [5.41, 5.74) is 4.00. The number of para-hydroxylation sites is 1. The molecule has 2 aromatic heterocycles. The first kappa shape index (κ1) is 16.3. The molecule has 0 atom stereocenters. The zero-order chi connectivity index (χ0) is 17.6. The van der Waals surface area contributed by atoms with Crippen molar-refractivity contribution in [2.75, 3.05) is 0 Å². The summed E-state index contributed by atoms with van der Waals surface area (Å²) < 4.78 is 0. The molecule has 2 heterocycles. The largest absolute Gasteiger partial charge is 0.392 e. The average molecular weight is 359 g/mol. The molecule has 26 heavy (non-hydrogen) atoms. The van der Waals surface area contributed by atoms with Crippen molar-refractivity contribution in [3.05, 3.63) is 94.9 Å². The molecule has 2 aromatic carbocycles. The summed E-state index contributed by atoms with van der Waals surface area (Å²) in [6, 6.07) is 22.1. The van der Waals surface area contributed by atoms with E-state index in [0.717, 1.165) is 27.3 Å². The van der Waals surface area contributed by atoms with E-state index in [9.17, 15) is 0 Å². The third kappa shape index (κ3) is 3.90. The molecular weight excluding hydrogens is 342 g/mol. The maximum Gasteiger partial charge on any atom is 0.142 e. The minimum atomic E-state index is 0.472. The number of hydrogen-bond donors (Lipinski definition) is 0. The molecule has 0 radical (unpaired) electrons. The zero-order valence-electron chi connectivity index (χ0n) is 14.0. The van der Waals surface area contributed by atoms with Gasteiger partial charge in [-0.2, -0.15) is 0 Å². The van der Waals surface area contributed by atoms with Crippen molar-refractivity contribution < 1.29 is 4.84 Å². The Kier molecular flexibility index (Phi) is 4.89. The van der Waals surface area contributed by atoms with Crippen LogP contribution >= 0.6 is 11.3 Å². The summed E-state index contributed by atoms with van der Waals surface area (Å²) in [7, 11) is 0. The molecule has 4 aromatic rings. The minimum absolute atomic E-state index is 0.472. The molecule has 0 fully saturated rings. The number of benzene rings is 2. The van der Waals surface area contributed by atoms with Crippen molar-refractivity contribution in [3.8, 4) is 11.1 Å². The first-order chi connectivity index (χ1) is 12.9. The van der Waals surface area contributed by atoms with E-state index in [1.165, 1.54) is 4.85 Å². The lowest BCUT2D eigenvalue weighted by molar-refractivity contribution is 0.0701. The van der Waals surface area contributed by atoms with Gasteiger partial charge in [-0.1, -0.05) is 54.6 Å². The van der Waals surface area contributed by atoms with Gasteiger partial charge in [-0.25, -0.2) is 0 Å². The highest BCUT2D eigenvalue weighted by atomic mass is 32.1. The molecule has 4 nitrogen and oxygen atoms in total. The molecule has 0 aliphatic rings. The number of rotatable bonds is 6. The fourth-order valence-electron chi connectivity index (χ4n) is 2.56. The van der Waals surface area contributed by atoms with Gasteiger partial charge >= 0.3 is 0 Å². The minimum Gasteiger partial charge on any atom is -0.392 e. The summed E-state index contributed by atoms with van der Waals surface area (Å²) in [6.07, 6.45) is 5.56. The van der Waals surface area contributed by atoms with Gasteiger partial charge in [0.25, 0.3) is 0 Å². The van der Waals surface area contributed by atoms with Crippen LogP contribution < -0.4 is 4.84 Å². The van der Waals surface area contributed by atoms with Crippen LogP contribution in [0.5, 0.6) is 0 Å². The molecule has 5 heteroatoms. The normalized spacial score (nSPS) is 11.1. The molecule has 0 amide bonds. The zero-order valence-corrected chi connectivity index (χ0v) is 14.8. The Labute approximate surface area is 156 Å². The van der Waals surface area contributed by atoms with Gasteiger partial charge in [0.15, 0.2) is 0 Å². The van der Waals surface area contributed by atoms with Crippen LogP contribution in [0.1, 0.15) is 10.4 Å².